The summed E-state index contributed by atoms with van der Waals surface area (Å²) in [4.78, 5) is 12.2. The molecule has 0 aliphatic carbocycles. The van der Waals surface area contributed by atoms with Crippen LogP contribution in [0.25, 0.3) is 0 Å². The molecular formula is C14H22N2O2. The molecule has 0 aromatic heterocycles. The van der Waals surface area contributed by atoms with Gasteiger partial charge in [-0.05, 0) is 18.9 Å². The molecule has 0 fully saturated rings. The second-order valence-electron chi connectivity index (χ2n) is 4.63. The van der Waals surface area contributed by atoms with E-state index >= 15 is 0 Å². The molecule has 1 aromatic rings. The van der Waals surface area contributed by atoms with Crippen LogP contribution in [-0.4, -0.2) is 25.1 Å². The second kappa shape index (κ2) is 6.52. The fraction of sp³-hybridized carbons (Fsp3) is 0.500. The quantitative estimate of drug-likeness (QED) is 0.806. The number of nitrogens with two attached hydrogens (primary N) is 1. The molecule has 100 valence electrons. The van der Waals surface area contributed by atoms with Crippen LogP contribution in [-0.2, 0) is 9.53 Å². The molecule has 3 N–H and O–H groups in total. The molecule has 18 heavy (non-hydrogen) atoms. The van der Waals surface area contributed by atoms with Crippen LogP contribution in [0.15, 0.2) is 30.3 Å². The minimum atomic E-state index is -0.594. The number of ether oxygens (including phenoxy) is 1. The van der Waals surface area contributed by atoms with Crippen molar-refractivity contribution in [2.75, 3.05) is 13.7 Å². The summed E-state index contributed by atoms with van der Waals surface area (Å²) in [6.07, 6.45) is 0.184. The smallest absolute Gasteiger partial charge is 0.254 e. The summed E-state index contributed by atoms with van der Waals surface area (Å²) in [6, 6.07) is 9.43. The van der Waals surface area contributed by atoms with Crippen molar-refractivity contribution in [1.29, 1.82) is 0 Å². The number of carbonyl (C=O) groups excluding carboxylic acids is 1. The number of hydrogen-bond donors (Lipinski definition) is 2. The highest BCUT2D eigenvalue weighted by atomic mass is 16.5. The summed E-state index contributed by atoms with van der Waals surface area (Å²) in [6.45, 7) is 4.33. The third-order valence-corrected chi connectivity index (χ3v) is 3.23. The highest BCUT2D eigenvalue weighted by molar-refractivity contribution is 5.82. The van der Waals surface area contributed by atoms with Gasteiger partial charge in [0.25, 0.3) is 5.91 Å². The topological polar surface area (TPSA) is 64.3 Å². The van der Waals surface area contributed by atoms with Crippen LogP contribution < -0.4 is 11.1 Å². The van der Waals surface area contributed by atoms with Crippen LogP contribution in [0.3, 0.4) is 0 Å². The lowest BCUT2D eigenvalue weighted by Crippen LogP contribution is -2.52. The number of rotatable bonds is 6. The van der Waals surface area contributed by atoms with Crippen molar-refractivity contribution in [3.63, 3.8) is 0 Å². The lowest BCUT2D eigenvalue weighted by molar-refractivity contribution is -0.133. The first-order valence-electron chi connectivity index (χ1n) is 6.16. The van der Waals surface area contributed by atoms with Gasteiger partial charge in [0, 0.05) is 19.2 Å². The SMILES string of the molecule is CCC(C)(CN)NC(=O)C(OC)c1ccccc1. The first kappa shape index (κ1) is 14.7. The molecule has 0 aliphatic rings. The molecule has 0 bridgehead atoms. The van der Waals surface area contributed by atoms with Gasteiger partial charge in [-0.15, -0.1) is 0 Å². The highest BCUT2D eigenvalue weighted by Gasteiger charge is 2.27. The molecule has 0 spiro atoms. The maximum absolute atomic E-state index is 12.2. The molecule has 1 aromatic carbocycles. The summed E-state index contributed by atoms with van der Waals surface area (Å²) in [5, 5.41) is 2.95. The summed E-state index contributed by atoms with van der Waals surface area (Å²) in [7, 11) is 1.53. The van der Waals surface area contributed by atoms with Gasteiger partial charge in [0.15, 0.2) is 6.10 Å². The third kappa shape index (κ3) is 3.55. The van der Waals surface area contributed by atoms with E-state index in [1.807, 2.05) is 44.2 Å². The van der Waals surface area contributed by atoms with Crippen LogP contribution in [0, 0.1) is 0 Å². The Balaban J connectivity index is 2.81. The van der Waals surface area contributed by atoms with Gasteiger partial charge in [0.2, 0.25) is 0 Å². The molecule has 0 saturated carbocycles. The molecule has 2 atom stereocenters. The summed E-state index contributed by atoms with van der Waals surface area (Å²) < 4.78 is 5.28. The number of methoxy groups -OCH3 is 1. The Morgan fingerprint density at radius 1 is 1.44 bits per heavy atom. The number of benzene rings is 1. The predicted molar refractivity (Wildman–Crippen MR) is 72.1 cm³/mol. The fourth-order valence-electron chi connectivity index (χ4n) is 1.67. The van der Waals surface area contributed by atoms with E-state index in [1.54, 1.807) is 0 Å². The summed E-state index contributed by atoms with van der Waals surface area (Å²) in [5.74, 6) is -0.154. The molecule has 4 heteroatoms. The highest BCUT2D eigenvalue weighted by Crippen LogP contribution is 2.18. The Morgan fingerprint density at radius 3 is 2.50 bits per heavy atom. The minimum Gasteiger partial charge on any atom is -0.367 e. The predicted octanol–water partition coefficient (Wildman–Crippen LogP) is 1.62. The number of nitrogens with one attached hydrogen (secondary N) is 1. The Morgan fingerprint density at radius 2 is 2.06 bits per heavy atom. The van der Waals surface area contributed by atoms with Crippen molar-refractivity contribution >= 4 is 5.91 Å². The fourth-order valence-corrected chi connectivity index (χ4v) is 1.67. The first-order chi connectivity index (χ1) is 8.56. The van der Waals surface area contributed by atoms with E-state index in [0.29, 0.717) is 6.54 Å². The van der Waals surface area contributed by atoms with Crippen molar-refractivity contribution in [3.8, 4) is 0 Å². The van der Waals surface area contributed by atoms with Crippen molar-refractivity contribution in [1.82, 2.24) is 5.32 Å². The molecule has 0 aliphatic heterocycles. The molecule has 0 heterocycles. The molecule has 0 radical (unpaired) electrons. The van der Waals surface area contributed by atoms with E-state index in [-0.39, 0.29) is 11.4 Å². The van der Waals surface area contributed by atoms with Gasteiger partial charge in [0.1, 0.15) is 0 Å². The van der Waals surface area contributed by atoms with Crippen molar-refractivity contribution in [3.05, 3.63) is 35.9 Å². The number of hydrogen-bond acceptors (Lipinski definition) is 3. The largest absolute Gasteiger partial charge is 0.367 e. The van der Waals surface area contributed by atoms with E-state index in [9.17, 15) is 4.79 Å². The van der Waals surface area contributed by atoms with Crippen LogP contribution >= 0.6 is 0 Å². The van der Waals surface area contributed by atoms with E-state index in [1.165, 1.54) is 7.11 Å². The zero-order valence-corrected chi connectivity index (χ0v) is 11.3. The van der Waals surface area contributed by atoms with E-state index in [4.69, 9.17) is 10.5 Å². The number of amides is 1. The van der Waals surface area contributed by atoms with E-state index < -0.39 is 6.10 Å². The Bertz CT molecular complexity index is 375. The van der Waals surface area contributed by atoms with Crippen molar-refractivity contribution in [2.24, 2.45) is 5.73 Å². The average Bonchev–Trinajstić information content (AvgIpc) is 2.40. The molecule has 1 rings (SSSR count). The second-order valence-corrected chi connectivity index (χ2v) is 4.63. The van der Waals surface area contributed by atoms with Crippen LogP contribution in [0.5, 0.6) is 0 Å². The van der Waals surface area contributed by atoms with Gasteiger partial charge in [-0.3, -0.25) is 4.79 Å². The van der Waals surface area contributed by atoms with Crippen LogP contribution in [0.4, 0.5) is 0 Å². The van der Waals surface area contributed by atoms with Gasteiger partial charge < -0.3 is 15.8 Å². The maximum Gasteiger partial charge on any atom is 0.254 e. The summed E-state index contributed by atoms with van der Waals surface area (Å²) in [5.41, 5.74) is 6.15. The maximum atomic E-state index is 12.2. The Labute approximate surface area is 109 Å². The van der Waals surface area contributed by atoms with Gasteiger partial charge >= 0.3 is 0 Å². The first-order valence-corrected chi connectivity index (χ1v) is 6.16. The van der Waals surface area contributed by atoms with Gasteiger partial charge in [-0.25, -0.2) is 0 Å². The molecule has 2 unspecified atom stereocenters. The molecule has 1 amide bonds. The lowest BCUT2D eigenvalue weighted by atomic mass is 9.98. The van der Waals surface area contributed by atoms with Gasteiger partial charge in [0.05, 0.1) is 0 Å². The van der Waals surface area contributed by atoms with E-state index in [0.717, 1.165) is 12.0 Å². The molecule has 4 nitrogen and oxygen atoms in total. The molecule has 0 saturated heterocycles. The van der Waals surface area contributed by atoms with Crippen LogP contribution in [0.2, 0.25) is 0 Å². The Hall–Kier alpha value is -1.39. The zero-order chi connectivity index (χ0) is 13.6. The van der Waals surface area contributed by atoms with Gasteiger partial charge in [-0.2, -0.15) is 0 Å². The molecular weight excluding hydrogens is 228 g/mol. The minimum absolute atomic E-state index is 0.154. The Kier molecular flexibility index (Phi) is 5.31. The monoisotopic (exact) mass is 250 g/mol. The number of carbonyl (C=O) groups is 1. The van der Waals surface area contributed by atoms with Gasteiger partial charge in [-0.1, -0.05) is 37.3 Å². The van der Waals surface area contributed by atoms with Crippen LogP contribution in [0.1, 0.15) is 31.9 Å². The standard InChI is InChI=1S/C14H22N2O2/c1-4-14(2,10-15)16-13(17)12(18-3)11-8-6-5-7-9-11/h5-9,12H,4,10,15H2,1-3H3,(H,16,17). The lowest BCUT2D eigenvalue weighted by Gasteiger charge is -2.30. The third-order valence-electron chi connectivity index (χ3n) is 3.23. The average molecular weight is 250 g/mol. The van der Waals surface area contributed by atoms with E-state index in [2.05, 4.69) is 5.32 Å². The normalized spacial score (nSPS) is 15.8. The zero-order valence-electron chi connectivity index (χ0n) is 11.3. The van der Waals surface area contributed by atoms with Crippen molar-refractivity contribution in [2.45, 2.75) is 31.9 Å². The summed E-state index contributed by atoms with van der Waals surface area (Å²) >= 11 is 0. The van der Waals surface area contributed by atoms with Crippen molar-refractivity contribution < 1.29 is 9.53 Å².